The third-order valence-corrected chi connectivity index (χ3v) is 3.41. The Labute approximate surface area is 112 Å². The van der Waals surface area contributed by atoms with Crippen LogP contribution in [0.5, 0.6) is 5.75 Å². The zero-order chi connectivity index (χ0) is 14.5. The second-order valence-corrected chi connectivity index (χ2v) is 6.30. The molecule has 0 aliphatic rings. The second-order valence-electron chi connectivity index (χ2n) is 4.04. The molecule has 0 aromatic heterocycles. The van der Waals surface area contributed by atoms with Crippen LogP contribution in [0.4, 0.5) is 5.69 Å². The molecule has 1 aromatic rings. The van der Waals surface area contributed by atoms with E-state index in [1.165, 1.54) is 7.11 Å². The fourth-order valence-electron chi connectivity index (χ4n) is 1.49. The van der Waals surface area contributed by atoms with Gasteiger partial charge < -0.3 is 15.2 Å². The van der Waals surface area contributed by atoms with Crippen molar-refractivity contribution in [1.29, 1.82) is 0 Å². The van der Waals surface area contributed by atoms with Crippen LogP contribution in [0, 0.1) is 0 Å². The Morgan fingerprint density at radius 1 is 1.37 bits per heavy atom. The van der Waals surface area contributed by atoms with Gasteiger partial charge in [0, 0.05) is 11.9 Å². The highest BCUT2D eigenvalue weighted by molar-refractivity contribution is 7.90. The fraction of sp³-hybridized carbons (Fsp3) is 0.417. The SMILES string of the molecule is COc1cccc(N)c1C(=O)OCCCS(C)(=O)=O. The Bertz CT molecular complexity index is 553. The van der Waals surface area contributed by atoms with Crippen molar-refractivity contribution in [3.8, 4) is 5.75 Å². The number of hydrogen-bond donors (Lipinski definition) is 1. The number of esters is 1. The Balaban J connectivity index is 2.64. The Morgan fingerprint density at radius 2 is 2.05 bits per heavy atom. The predicted molar refractivity (Wildman–Crippen MR) is 72.0 cm³/mol. The van der Waals surface area contributed by atoms with Gasteiger partial charge in [-0.2, -0.15) is 0 Å². The molecule has 6 nitrogen and oxygen atoms in total. The summed E-state index contributed by atoms with van der Waals surface area (Å²) in [5.41, 5.74) is 6.11. The molecule has 2 N–H and O–H groups in total. The monoisotopic (exact) mass is 287 g/mol. The Kier molecular flexibility index (Phi) is 5.17. The van der Waals surface area contributed by atoms with Crippen molar-refractivity contribution in [3.63, 3.8) is 0 Å². The molecule has 0 radical (unpaired) electrons. The number of benzene rings is 1. The Morgan fingerprint density at radius 3 is 2.63 bits per heavy atom. The van der Waals surface area contributed by atoms with Crippen molar-refractivity contribution in [3.05, 3.63) is 23.8 Å². The Hall–Kier alpha value is -1.76. The van der Waals surface area contributed by atoms with E-state index in [1.54, 1.807) is 18.2 Å². The van der Waals surface area contributed by atoms with Crippen LogP contribution >= 0.6 is 0 Å². The zero-order valence-electron chi connectivity index (χ0n) is 10.9. The molecule has 0 amide bonds. The molecule has 0 aliphatic heterocycles. The number of nitrogens with two attached hydrogens (primary N) is 1. The molecule has 0 fully saturated rings. The van der Waals surface area contributed by atoms with E-state index < -0.39 is 15.8 Å². The summed E-state index contributed by atoms with van der Waals surface area (Å²) in [6.45, 7) is 0.0173. The number of rotatable bonds is 6. The summed E-state index contributed by atoms with van der Waals surface area (Å²) in [6.07, 6.45) is 1.38. The van der Waals surface area contributed by atoms with Crippen molar-refractivity contribution < 1.29 is 22.7 Å². The van der Waals surface area contributed by atoms with E-state index in [-0.39, 0.29) is 30.0 Å². The van der Waals surface area contributed by atoms with E-state index >= 15 is 0 Å². The van der Waals surface area contributed by atoms with Crippen molar-refractivity contribution >= 4 is 21.5 Å². The smallest absolute Gasteiger partial charge is 0.344 e. The molecule has 0 saturated carbocycles. The first-order valence-corrected chi connectivity index (χ1v) is 7.68. The van der Waals surface area contributed by atoms with Gasteiger partial charge in [0.05, 0.1) is 19.5 Å². The molecule has 0 bridgehead atoms. The van der Waals surface area contributed by atoms with Crippen LogP contribution in [0.1, 0.15) is 16.8 Å². The summed E-state index contributed by atoms with van der Waals surface area (Å²) in [5.74, 6) is -0.321. The van der Waals surface area contributed by atoms with Crippen LogP contribution in [0.2, 0.25) is 0 Å². The van der Waals surface area contributed by atoms with Crippen molar-refractivity contribution in [2.24, 2.45) is 0 Å². The first-order chi connectivity index (χ1) is 8.85. The first-order valence-electron chi connectivity index (χ1n) is 5.62. The number of carbonyl (C=O) groups is 1. The molecule has 1 aromatic carbocycles. The minimum atomic E-state index is -3.05. The van der Waals surface area contributed by atoms with Gasteiger partial charge >= 0.3 is 5.97 Å². The minimum absolute atomic E-state index is 0.0173. The lowest BCUT2D eigenvalue weighted by molar-refractivity contribution is 0.0503. The highest BCUT2D eigenvalue weighted by Gasteiger charge is 2.17. The van der Waals surface area contributed by atoms with Crippen LogP contribution in [0.15, 0.2) is 18.2 Å². The summed E-state index contributed by atoms with van der Waals surface area (Å²) in [5, 5.41) is 0. The average Bonchev–Trinajstić information content (AvgIpc) is 2.32. The molecule has 0 spiro atoms. The summed E-state index contributed by atoms with van der Waals surface area (Å²) in [6, 6.07) is 4.83. The third kappa shape index (κ3) is 4.78. The van der Waals surface area contributed by atoms with Crippen LogP contribution in [0.25, 0.3) is 0 Å². The van der Waals surface area contributed by atoms with Gasteiger partial charge in [-0.05, 0) is 18.6 Å². The predicted octanol–water partition coefficient (Wildman–Crippen LogP) is 0.869. The molecular weight excluding hydrogens is 270 g/mol. The number of carbonyl (C=O) groups excluding carboxylic acids is 1. The molecule has 106 valence electrons. The van der Waals surface area contributed by atoms with Gasteiger partial charge in [-0.3, -0.25) is 0 Å². The highest BCUT2D eigenvalue weighted by Crippen LogP contribution is 2.24. The normalized spacial score (nSPS) is 11.1. The van der Waals surface area contributed by atoms with Crippen molar-refractivity contribution in [2.75, 3.05) is 31.5 Å². The number of nitrogen functional groups attached to an aromatic ring is 1. The number of hydrogen-bond acceptors (Lipinski definition) is 6. The zero-order valence-corrected chi connectivity index (χ0v) is 11.7. The average molecular weight is 287 g/mol. The maximum atomic E-state index is 11.8. The largest absolute Gasteiger partial charge is 0.496 e. The summed E-state index contributed by atoms with van der Waals surface area (Å²) < 4.78 is 31.9. The van der Waals surface area contributed by atoms with Crippen LogP contribution < -0.4 is 10.5 Å². The summed E-state index contributed by atoms with van der Waals surface area (Å²) >= 11 is 0. The summed E-state index contributed by atoms with van der Waals surface area (Å²) in [4.78, 5) is 11.8. The van der Waals surface area contributed by atoms with Crippen molar-refractivity contribution in [2.45, 2.75) is 6.42 Å². The quantitative estimate of drug-likeness (QED) is 0.474. The van der Waals surface area contributed by atoms with E-state index in [1.807, 2.05) is 0 Å². The third-order valence-electron chi connectivity index (χ3n) is 2.38. The van der Waals surface area contributed by atoms with E-state index in [2.05, 4.69) is 0 Å². The molecule has 19 heavy (non-hydrogen) atoms. The lowest BCUT2D eigenvalue weighted by Gasteiger charge is -2.10. The van der Waals surface area contributed by atoms with E-state index in [0.29, 0.717) is 5.75 Å². The minimum Gasteiger partial charge on any atom is -0.496 e. The number of methoxy groups -OCH3 is 1. The summed E-state index contributed by atoms with van der Waals surface area (Å²) in [7, 11) is -1.62. The van der Waals surface area contributed by atoms with Crippen LogP contribution in [0.3, 0.4) is 0 Å². The topological polar surface area (TPSA) is 95.7 Å². The fourth-order valence-corrected chi connectivity index (χ4v) is 2.14. The van der Waals surface area contributed by atoms with Crippen LogP contribution in [-0.4, -0.2) is 40.1 Å². The number of ether oxygens (including phenoxy) is 2. The first kappa shape index (κ1) is 15.3. The molecule has 0 atom stereocenters. The van der Waals surface area contributed by atoms with E-state index in [9.17, 15) is 13.2 Å². The molecular formula is C12H17NO5S. The van der Waals surface area contributed by atoms with Gasteiger partial charge in [0.15, 0.2) is 0 Å². The molecule has 0 aliphatic carbocycles. The maximum Gasteiger partial charge on any atom is 0.344 e. The lowest BCUT2D eigenvalue weighted by atomic mass is 10.1. The number of sulfone groups is 1. The second kappa shape index (κ2) is 6.42. The molecule has 1 rings (SSSR count). The van der Waals surface area contributed by atoms with Gasteiger partial charge in [0.1, 0.15) is 21.2 Å². The highest BCUT2D eigenvalue weighted by atomic mass is 32.2. The van der Waals surface area contributed by atoms with Crippen molar-refractivity contribution in [1.82, 2.24) is 0 Å². The van der Waals surface area contributed by atoms with Gasteiger partial charge in [-0.15, -0.1) is 0 Å². The van der Waals surface area contributed by atoms with Gasteiger partial charge in [-0.1, -0.05) is 6.07 Å². The van der Waals surface area contributed by atoms with Gasteiger partial charge in [-0.25, -0.2) is 13.2 Å². The molecule has 0 saturated heterocycles. The van der Waals surface area contributed by atoms with Gasteiger partial charge in [0.2, 0.25) is 0 Å². The molecule has 0 heterocycles. The van der Waals surface area contributed by atoms with E-state index in [4.69, 9.17) is 15.2 Å². The molecule has 7 heteroatoms. The maximum absolute atomic E-state index is 11.8. The van der Waals surface area contributed by atoms with Gasteiger partial charge in [0.25, 0.3) is 0 Å². The van der Waals surface area contributed by atoms with Crippen LogP contribution in [-0.2, 0) is 14.6 Å². The molecule has 0 unspecified atom stereocenters. The van der Waals surface area contributed by atoms with E-state index in [0.717, 1.165) is 6.26 Å². The lowest BCUT2D eigenvalue weighted by Crippen LogP contribution is -2.13. The standard InChI is InChI=1S/C12H17NO5S/c1-17-10-6-3-5-9(13)11(10)12(14)18-7-4-8-19(2,15)16/h3,5-6H,4,7-8,13H2,1-2H3. The number of anilines is 1.